The van der Waals surface area contributed by atoms with Crippen molar-refractivity contribution in [2.24, 2.45) is 0 Å². The van der Waals surface area contributed by atoms with Crippen LogP contribution >= 0.6 is 11.6 Å². The first-order chi connectivity index (χ1) is 9.61. The Bertz CT molecular complexity index is 604. The summed E-state index contributed by atoms with van der Waals surface area (Å²) in [7, 11) is 0. The largest absolute Gasteiger partial charge is 0.504 e. The number of benzene rings is 2. The molecular formula is C15H15ClFNO2. The third-order valence-corrected chi connectivity index (χ3v) is 3.11. The number of hydrogen-bond donors (Lipinski definition) is 2. The van der Waals surface area contributed by atoms with Crippen LogP contribution in [0.2, 0.25) is 5.02 Å². The van der Waals surface area contributed by atoms with Gasteiger partial charge in [0.15, 0.2) is 11.5 Å². The lowest BCUT2D eigenvalue weighted by Crippen LogP contribution is -2.02. The minimum Gasteiger partial charge on any atom is -0.504 e. The summed E-state index contributed by atoms with van der Waals surface area (Å²) in [6, 6.07) is 9.33. The molecule has 0 atom stereocenters. The zero-order valence-corrected chi connectivity index (χ0v) is 11.7. The number of aromatic hydroxyl groups is 1. The van der Waals surface area contributed by atoms with Gasteiger partial charge in [0.2, 0.25) is 0 Å². The van der Waals surface area contributed by atoms with E-state index in [-0.39, 0.29) is 11.6 Å². The van der Waals surface area contributed by atoms with Crippen molar-refractivity contribution >= 4 is 17.3 Å². The Kier molecular flexibility index (Phi) is 4.69. The minimum atomic E-state index is -0.371. The molecule has 0 saturated heterocycles. The smallest absolute Gasteiger partial charge is 0.162 e. The first-order valence-electron chi connectivity index (χ1n) is 6.24. The predicted molar refractivity (Wildman–Crippen MR) is 78.0 cm³/mol. The van der Waals surface area contributed by atoms with Crippen molar-refractivity contribution in [2.45, 2.75) is 13.5 Å². The molecule has 0 amide bonds. The van der Waals surface area contributed by atoms with E-state index in [2.05, 4.69) is 5.32 Å². The average molecular weight is 296 g/mol. The maximum Gasteiger partial charge on any atom is 0.162 e. The van der Waals surface area contributed by atoms with Gasteiger partial charge in [0, 0.05) is 12.1 Å². The lowest BCUT2D eigenvalue weighted by atomic mass is 10.2. The number of nitrogens with one attached hydrogen (secondary N) is 1. The second-order valence-electron chi connectivity index (χ2n) is 4.17. The Labute approximate surface area is 122 Å². The molecule has 0 aliphatic heterocycles. The second kappa shape index (κ2) is 6.48. The Morgan fingerprint density at radius 2 is 2.10 bits per heavy atom. The number of ether oxygens (including phenoxy) is 1. The Hall–Kier alpha value is -1.94. The number of halogens is 2. The van der Waals surface area contributed by atoms with E-state index >= 15 is 0 Å². The maximum absolute atomic E-state index is 13.1. The lowest BCUT2D eigenvalue weighted by molar-refractivity contribution is 0.317. The Morgan fingerprint density at radius 3 is 2.85 bits per heavy atom. The van der Waals surface area contributed by atoms with Gasteiger partial charge in [0.25, 0.3) is 0 Å². The van der Waals surface area contributed by atoms with Gasteiger partial charge in [0.1, 0.15) is 5.82 Å². The van der Waals surface area contributed by atoms with Gasteiger partial charge in [-0.3, -0.25) is 0 Å². The maximum atomic E-state index is 13.1. The third-order valence-electron chi connectivity index (χ3n) is 2.78. The van der Waals surface area contributed by atoms with Crippen LogP contribution in [0.25, 0.3) is 0 Å². The van der Waals surface area contributed by atoms with E-state index in [1.165, 1.54) is 18.2 Å². The van der Waals surface area contributed by atoms with Crippen LogP contribution < -0.4 is 10.1 Å². The molecule has 106 valence electrons. The fourth-order valence-corrected chi connectivity index (χ4v) is 1.99. The van der Waals surface area contributed by atoms with E-state index in [1.54, 1.807) is 18.2 Å². The van der Waals surface area contributed by atoms with Gasteiger partial charge in [-0.2, -0.15) is 0 Å². The molecule has 5 heteroatoms. The molecule has 0 radical (unpaired) electrons. The van der Waals surface area contributed by atoms with E-state index in [0.717, 1.165) is 0 Å². The molecule has 2 aromatic rings. The zero-order valence-electron chi connectivity index (χ0n) is 11.0. The fourth-order valence-electron chi connectivity index (χ4n) is 1.81. The fraction of sp³-hybridized carbons (Fsp3) is 0.200. The molecule has 2 rings (SSSR count). The third kappa shape index (κ3) is 3.33. The van der Waals surface area contributed by atoms with Crippen LogP contribution in [-0.2, 0) is 6.54 Å². The second-order valence-corrected chi connectivity index (χ2v) is 4.58. The average Bonchev–Trinajstić information content (AvgIpc) is 2.43. The summed E-state index contributed by atoms with van der Waals surface area (Å²) in [5, 5.41) is 13.5. The summed E-state index contributed by atoms with van der Waals surface area (Å²) in [6.45, 7) is 2.63. The first kappa shape index (κ1) is 14.5. The van der Waals surface area contributed by atoms with Gasteiger partial charge in [-0.05, 0) is 31.2 Å². The zero-order chi connectivity index (χ0) is 14.5. The highest BCUT2D eigenvalue weighted by Crippen LogP contribution is 2.31. The monoisotopic (exact) mass is 295 g/mol. The molecule has 2 N–H and O–H groups in total. The van der Waals surface area contributed by atoms with Gasteiger partial charge in [-0.25, -0.2) is 4.39 Å². The van der Waals surface area contributed by atoms with Gasteiger partial charge < -0.3 is 15.2 Å². The van der Waals surface area contributed by atoms with Crippen LogP contribution in [0.15, 0.2) is 36.4 Å². The molecule has 0 unspecified atom stereocenters. The topological polar surface area (TPSA) is 41.5 Å². The molecular weight excluding hydrogens is 281 g/mol. The number of para-hydroxylation sites is 1. The number of hydrogen-bond acceptors (Lipinski definition) is 3. The standard InChI is InChI=1S/C15H15ClFNO2/c1-2-20-14-5-3-4-10(15(14)19)9-18-13-8-11(17)6-7-12(13)16/h3-8,18-19H,2,9H2,1H3. The van der Waals surface area contributed by atoms with Crippen molar-refractivity contribution in [3.63, 3.8) is 0 Å². The minimum absolute atomic E-state index is 0.0781. The lowest BCUT2D eigenvalue weighted by Gasteiger charge is -2.12. The Morgan fingerprint density at radius 1 is 1.30 bits per heavy atom. The summed E-state index contributed by atoms with van der Waals surface area (Å²) < 4.78 is 18.5. The SMILES string of the molecule is CCOc1cccc(CNc2cc(F)ccc2Cl)c1O. The number of phenols is 1. The van der Waals surface area contributed by atoms with Crippen molar-refractivity contribution in [3.05, 3.63) is 52.8 Å². The summed E-state index contributed by atoms with van der Waals surface area (Å²) in [5.74, 6) is 0.135. The normalized spacial score (nSPS) is 10.3. The Balaban J connectivity index is 2.14. The summed E-state index contributed by atoms with van der Waals surface area (Å²) in [6.07, 6.45) is 0. The van der Waals surface area contributed by atoms with Crippen molar-refractivity contribution < 1.29 is 14.2 Å². The predicted octanol–water partition coefficient (Wildman–Crippen LogP) is 4.20. The molecule has 0 spiro atoms. The van der Waals surface area contributed by atoms with Crippen molar-refractivity contribution in [1.82, 2.24) is 0 Å². The van der Waals surface area contributed by atoms with Crippen molar-refractivity contribution in [1.29, 1.82) is 0 Å². The first-order valence-corrected chi connectivity index (χ1v) is 6.62. The molecule has 0 aromatic heterocycles. The number of phenolic OH excluding ortho intramolecular Hbond substituents is 1. The molecule has 2 aromatic carbocycles. The van der Waals surface area contributed by atoms with Crippen LogP contribution in [0.4, 0.5) is 10.1 Å². The number of anilines is 1. The van der Waals surface area contributed by atoms with Gasteiger partial charge in [-0.15, -0.1) is 0 Å². The van der Waals surface area contributed by atoms with E-state index < -0.39 is 0 Å². The summed E-state index contributed by atoms with van der Waals surface area (Å²) >= 11 is 5.97. The van der Waals surface area contributed by atoms with Crippen LogP contribution in [0.5, 0.6) is 11.5 Å². The van der Waals surface area contributed by atoms with E-state index in [1.807, 2.05) is 6.92 Å². The van der Waals surface area contributed by atoms with E-state index in [0.29, 0.717) is 35.2 Å². The molecule has 3 nitrogen and oxygen atoms in total. The van der Waals surface area contributed by atoms with Crippen molar-refractivity contribution in [2.75, 3.05) is 11.9 Å². The van der Waals surface area contributed by atoms with Gasteiger partial charge >= 0.3 is 0 Å². The van der Waals surface area contributed by atoms with Crippen molar-refractivity contribution in [3.8, 4) is 11.5 Å². The molecule has 0 fully saturated rings. The molecule has 0 aliphatic rings. The van der Waals surface area contributed by atoms with Crippen LogP contribution in [0.3, 0.4) is 0 Å². The highest BCUT2D eigenvalue weighted by atomic mass is 35.5. The highest BCUT2D eigenvalue weighted by Gasteiger charge is 2.08. The van der Waals surface area contributed by atoms with Crippen LogP contribution in [-0.4, -0.2) is 11.7 Å². The molecule has 0 aliphatic carbocycles. The van der Waals surface area contributed by atoms with E-state index in [4.69, 9.17) is 16.3 Å². The molecule has 0 heterocycles. The van der Waals surface area contributed by atoms with E-state index in [9.17, 15) is 9.50 Å². The van der Waals surface area contributed by atoms with Gasteiger partial charge in [-0.1, -0.05) is 23.7 Å². The number of rotatable bonds is 5. The summed E-state index contributed by atoms with van der Waals surface area (Å²) in [4.78, 5) is 0. The highest BCUT2D eigenvalue weighted by molar-refractivity contribution is 6.33. The molecule has 20 heavy (non-hydrogen) atoms. The summed E-state index contributed by atoms with van der Waals surface area (Å²) in [5.41, 5.74) is 1.13. The van der Waals surface area contributed by atoms with Crippen LogP contribution in [0, 0.1) is 5.82 Å². The van der Waals surface area contributed by atoms with Crippen LogP contribution in [0.1, 0.15) is 12.5 Å². The van der Waals surface area contributed by atoms with Gasteiger partial charge in [0.05, 0.1) is 17.3 Å². The molecule has 0 saturated carbocycles. The quantitative estimate of drug-likeness (QED) is 0.869. The molecule has 0 bridgehead atoms.